The van der Waals surface area contributed by atoms with Gasteiger partial charge in [0.1, 0.15) is 11.4 Å². The molecule has 2 N–H and O–H groups in total. The first kappa shape index (κ1) is 18.0. The van der Waals surface area contributed by atoms with Crippen LogP contribution in [0.3, 0.4) is 0 Å². The molecule has 0 unspecified atom stereocenters. The minimum atomic E-state index is -3.98. The molecule has 0 amide bonds. The standard InChI is InChI=1S/C15H15BrFN3O4S/c1-2-24-15(21)10-7-18-19-14(10)25(22,23)20-13-6-9(13)8-3-4-11(16)12(17)5-8/h3-5,7,9,13,20H,2,6H2,1H3,(H,18,19)/t9-,13+/m0/s1. The summed E-state index contributed by atoms with van der Waals surface area (Å²) in [4.78, 5) is 11.8. The topological polar surface area (TPSA) is 101 Å². The van der Waals surface area contributed by atoms with Crippen LogP contribution in [0.1, 0.15) is 35.2 Å². The second-order valence-electron chi connectivity index (χ2n) is 5.58. The molecule has 0 radical (unpaired) electrons. The zero-order valence-electron chi connectivity index (χ0n) is 13.1. The van der Waals surface area contributed by atoms with E-state index in [1.165, 1.54) is 6.07 Å². The molecule has 1 fully saturated rings. The Hall–Kier alpha value is -1.78. The van der Waals surface area contributed by atoms with Crippen LogP contribution in [0.4, 0.5) is 4.39 Å². The predicted octanol–water partition coefficient (Wildman–Crippen LogP) is 2.32. The largest absolute Gasteiger partial charge is 0.462 e. The van der Waals surface area contributed by atoms with Crippen LogP contribution in [0.2, 0.25) is 0 Å². The first-order valence-electron chi connectivity index (χ1n) is 7.51. The predicted molar refractivity (Wildman–Crippen MR) is 90.1 cm³/mol. The van der Waals surface area contributed by atoms with E-state index in [-0.39, 0.29) is 29.2 Å². The van der Waals surface area contributed by atoms with Crippen LogP contribution in [0, 0.1) is 5.82 Å². The molecule has 0 bridgehead atoms. The minimum Gasteiger partial charge on any atom is -0.462 e. The highest BCUT2D eigenvalue weighted by molar-refractivity contribution is 9.10. The van der Waals surface area contributed by atoms with Crippen LogP contribution >= 0.6 is 15.9 Å². The van der Waals surface area contributed by atoms with E-state index in [1.54, 1.807) is 19.1 Å². The van der Waals surface area contributed by atoms with Crippen molar-refractivity contribution in [1.82, 2.24) is 14.9 Å². The number of carbonyl (C=O) groups excluding carboxylic acids is 1. The molecule has 10 heteroatoms. The zero-order chi connectivity index (χ0) is 18.2. The lowest BCUT2D eigenvalue weighted by molar-refractivity contribution is 0.0522. The maximum atomic E-state index is 13.6. The van der Waals surface area contributed by atoms with Gasteiger partial charge in [0.15, 0.2) is 5.03 Å². The van der Waals surface area contributed by atoms with E-state index in [1.807, 2.05) is 0 Å². The van der Waals surface area contributed by atoms with Crippen LogP contribution in [0.5, 0.6) is 0 Å². The van der Waals surface area contributed by atoms with Gasteiger partial charge < -0.3 is 4.74 Å². The molecule has 7 nitrogen and oxygen atoms in total. The van der Waals surface area contributed by atoms with E-state index in [0.717, 1.165) is 6.20 Å². The number of aromatic nitrogens is 2. The average Bonchev–Trinajstić information content (AvgIpc) is 3.11. The van der Waals surface area contributed by atoms with Gasteiger partial charge in [0.05, 0.1) is 17.3 Å². The molecule has 2 aromatic rings. The third-order valence-corrected chi connectivity index (χ3v) is 5.94. The van der Waals surface area contributed by atoms with Gasteiger partial charge in [0.2, 0.25) is 0 Å². The smallest absolute Gasteiger partial charge is 0.342 e. The summed E-state index contributed by atoms with van der Waals surface area (Å²) in [7, 11) is -3.98. The minimum absolute atomic E-state index is 0.119. The van der Waals surface area contributed by atoms with Crippen molar-refractivity contribution < 1.29 is 22.3 Å². The number of ether oxygens (including phenoxy) is 1. The Morgan fingerprint density at radius 3 is 2.96 bits per heavy atom. The number of esters is 1. The number of aromatic amines is 1. The lowest BCUT2D eigenvalue weighted by Gasteiger charge is -2.07. The van der Waals surface area contributed by atoms with Crippen LogP contribution in [0.25, 0.3) is 0 Å². The van der Waals surface area contributed by atoms with Gasteiger partial charge in [-0.05, 0) is 47.0 Å². The number of H-pyrrole nitrogens is 1. The van der Waals surface area contributed by atoms with Crippen LogP contribution < -0.4 is 4.72 Å². The fourth-order valence-electron chi connectivity index (χ4n) is 2.53. The molecular formula is C15H15BrFN3O4S. The highest BCUT2D eigenvalue weighted by Crippen LogP contribution is 2.42. The van der Waals surface area contributed by atoms with Gasteiger partial charge in [-0.25, -0.2) is 22.3 Å². The molecule has 0 spiro atoms. The number of nitrogens with one attached hydrogen (secondary N) is 2. The van der Waals surface area contributed by atoms with E-state index in [4.69, 9.17) is 4.74 Å². The number of rotatable bonds is 6. The number of benzene rings is 1. The van der Waals surface area contributed by atoms with Gasteiger partial charge >= 0.3 is 5.97 Å². The summed E-state index contributed by atoms with van der Waals surface area (Å²) < 4.78 is 46.3. The molecular weight excluding hydrogens is 417 g/mol. The molecule has 3 rings (SSSR count). The summed E-state index contributed by atoms with van der Waals surface area (Å²) in [5, 5.41) is 5.61. The molecule has 25 heavy (non-hydrogen) atoms. The van der Waals surface area contributed by atoms with E-state index in [0.29, 0.717) is 16.5 Å². The highest BCUT2D eigenvalue weighted by atomic mass is 79.9. The summed E-state index contributed by atoms with van der Waals surface area (Å²) in [5.41, 5.74) is 0.560. The first-order valence-corrected chi connectivity index (χ1v) is 9.79. The number of sulfonamides is 1. The number of nitrogens with zero attached hydrogens (tertiary/aromatic N) is 1. The molecule has 134 valence electrons. The number of hydrogen-bond donors (Lipinski definition) is 2. The SMILES string of the molecule is CCOC(=O)c1cn[nH]c1S(=O)(=O)N[C@@H]1C[C@H]1c1ccc(Br)c(F)c1. The van der Waals surface area contributed by atoms with Crippen LogP contribution in [0.15, 0.2) is 33.9 Å². The molecule has 2 atom stereocenters. The summed E-state index contributed by atoms with van der Waals surface area (Å²) in [5.74, 6) is -1.28. The second kappa shape index (κ2) is 6.85. The van der Waals surface area contributed by atoms with E-state index in [2.05, 4.69) is 30.8 Å². The lowest BCUT2D eigenvalue weighted by Crippen LogP contribution is -2.28. The van der Waals surface area contributed by atoms with E-state index in [9.17, 15) is 17.6 Å². The summed E-state index contributed by atoms with van der Waals surface area (Å²) in [6.07, 6.45) is 1.66. The number of carbonyl (C=O) groups is 1. The summed E-state index contributed by atoms with van der Waals surface area (Å²) in [6.45, 7) is 1.74. The first-order chi connectivity index (χ1) is 11.8. The Morgan fingerprint density at radius 1 is 1.52 bits per heavy atom. The second-order valence-corrected chi connectivity index (χ2v) is 8.08. The molecule has 1 aromatic heterocycles. The van der Waals surface area contributed by atoms with Crippen LogP contribution in [-0.2, 0) is 14.8 Å². The quantitative estimate of drug-likeness (QED) is 0.683. The molecule has 0 saturated heterocycles. The fourth-order valence-corrected chi connectivity index (χ4v) is 4.15. The summed E-state index contributed by atoms with van der Waals surface area (Å²) in [6, 6.07) is 4.33. The van der Waals surface area contributed by atoms with Gasteiger partial charge in [-0.3, -0.25) is 5.10 Å². The highest BCUT2D eigenvalue weighted by Gasteiger charge is 2.42. The van der Waals surface area contributed by atoms with E-state index >= 15 is 0 Å². The lowest BCUT2D eigenvalue weighted by atomic mass is 10.1. The Bertz CT molecular complexity index is 915. The van der Waals surface area contributed by atoms with Gasteiger partial charge in [-0.1, -0.05) is 6.07 Å². The molecule has 0 aliphatic heterocycles. The maximum absolute atomic E-state index is 13.6. The zero-order valence-corrected chi connectivity index (χ0v) is 15.5. The van der Waals surface area contributed by atoms with Crippen molar-refractivity contribution in [2.24, 2.45) is 0 Å². The molecule has 1 aliphatic rings. The number of halogens is 2. The maximum Gasteiger partial charge on any atom is 0.342 e. The third-order valence-electron chi connectivity index (χ3n) is 3.84. The van der Waals surface area contributed by atoms with Gasteiger partial charge in [-0.15, -0.1) is 0 Å². The van der Waals surface area contributed by atoms with Crippen molar-refractivity contribution in [1.29, 1.82) is 0 Å². The van der Waals surface area contributed by atoms with Gasteiger partial charge in [0.25, 0.3) is 10.0 Å². The Balaban J connectivity index is 1.74. The Morgan fingerprint density at radius 2 is 2.28 bits per heavy atom. The molecule has 1 aromatic carbocycles. The molecule has 1 aliphatic carbocycles. The number of hydrogen-bond acceptors (Lipinski definition) is 5. The third kappa shape index (κ3) is 3.75. The molecule has 1 saturated carbocycles. The van der Waals surface area contributed by atoms with Crippen molar-refractivity contribution in [3.05, 3.63) is 45.8 Å². The van der Waals surface area contributed by atoms with Crippen molar-refractivity contribution in [3.63, 3.8) is 0 Å². The fraction of sp³-hybridized carbons (Fsp3) is 0.333. The van der Waals surface area contributed by atoms with Crippen molar-refractivity contribution in [2.45, 2.75) is 30.3 Å². The monoisotopic (exact) mass is 431 g/mol. The van der Waals surface area contributed by atoms with Crippen LogP contribution in [-0.4, -0.2) is 37.2 Å². The van der Waals surface area contributed by atoms with E-state index < -0.39 is 21.8 Å². The van der Waals surface area contributed by atoms with Crippen molar-refractivity contribution >= 4 is 31.9 Å². The van der Waals surface area contributed by atoms with Gasteiger partial charge in [0, 0.05) is 12.0 Å². The summed E-state index contributed by atoms with van der Waals surface area (Å²) >= 11 is 3.08. The Labute approximate surface area is 152 Å². The Kier molecular flexibility index (Phi) is 4.94. The average molecular weight is 432 g/mol. The van der Waals surface area contributed by atoms with Crippen molar-refractivity contribution in [3.8, 4) is 0 Å². The van der Waals surface area contributed by atoms with Crippen molar-refractivity contribution in [2.75, 3.05) is 6.61 Å². The van der Waals surface area contributed by atoms with Gasteiger partial charge in [-0.2, -0.15) is 5.10 Å². The molecule has 1 heterocycles. The normalized spacial score (nSPS) is 19.6.